The summed E-state index contributed by atoms with van der Waals surface area (Å²) >= 11 is 0. The molecule has 4 heteroatoms. The maximum atomic E-state index is 6.39. The molecule has 0 bridgehead atoms. The maximum Gasteiger partial charge on any atom is 0.130 e. The van der Waals surface area contributed by atoms with Crippen LogP contribution in [0.4, 0.5) is 0 Å². The van der Waals surface area contributed by atoms with Gasteiger partial charge in [0.25, 0.3) is 0 Å². The summed E-state index contributed by atoms with van der Waals surface area (Å²) in [4.78, 5) is 4.59. The van der Waals surface area contributed by atoms with E-state index in [1.165, 1.54) is 32.1 Å². The molecule has 1 saturated heterocycles. The molecule has 2 rings (SSSR count). The SMILES string of the molecule is C/C=C/CN=C(N)C1(C2CCCCC2)NCC(C)CN1. The molecule has 0 aromatic carbocycles. The van der Waals surface area contributed by atoms with Gasteiger partial charge in [0.05, 0.1) is 6.54 Å². The first-order chi connectivity index (χ1) is 9.69. The van der Waals surface area contributed by atoms with Crippen molar-refractivity contribution >= 4 is 5.84 Å². The average molecular weight is 278 g/mol. The number of nitrogens with zero attached hydrogens (tertiary/aromatic N) is 1. The smallest absolute Gasteiger partial charge is 0.130 e. The van der Waals surface area contributed by atoms with E-state index in [1.54, 1.807) is 0 Å². The molecular formula is C16H30N4. The number of amidine groups is 1. The third-order valence-electron chi connectivity index (χ3n) is 4.68. The van der Waals surface area contributed by atoms with Gasteiger partial charge in [-0.2, -0.15) is 0 Å². The third-order valence-corrected chi connectivity index (χ3v) is 4.68. The minimum Gasteiger partial charge on any atom is -0.385 e. The second-order valence-electron chi connectivity index (χ2n) is 6.30. The summed E-state index contributed by atoms with van der Waals surface area (Å²) < 4.78 is 0. The number of allylic oxidation sites excluding steroid dienone is 1. The molecule has 1 aliphatic heterocycles. The van der Waals surface area contributed by atoms with Crippen molar-refractivity contribution in [2.45, 2.75) is 51.6 Å². The molecule has 0 atom stereocenters. The van der Waals surface area contributed by atoms with Crippen molar-refractivity contribution in [3.8, 4) is 0 Å². The predicted molar refractivity (Wildman–Crippen MR) is 85.8 cm³/mol. The van der Waals surface area contributed by atoms with Crippen LogP contribution < -0.4 is 16.4 Å². The maximum absolute atomic E-state index is 6.39. The van der Waals surface area contributed by atoms with Crippen LogP contribution in [0.3, 0.4) is 0 Å². The minimum atomic E-state index is -0.269. The molecule has 0 spiro atoms. The van der Waals surface area contributed by atoms with E-state index in [1.807, 2.05) is 19.1 Å². The van der Waals surface area contributed by atoms with E-state index in [-0.39, 0.29) is 5.66 Å². The summed E-state index contributed by atoms with van der Waals surface area (Å²) in [5, 5.41) is 7.38. The molecule has 2 aliphatic rings. The Balaban J connectivity index is 2.16. The Hall–Kier alpha value is -0.870. The Labute approximate surface area is 123 Å². The topological polar surface area (TPSA) is 62.4 Å². The lowest BCUT2D eigenvalue weighted by Gasteiger charge is -2.47. The summed E-state index contributed by atoms with van der Waals surface area (Å²) in [6.45, 7) is 6.99. The van der Waals surface area contributed by atoms with Crippen LogP contribution in [0.2, 0.25) is 0 Å². The second kappa shape index (κ2) is 7.23. The first kappa shape index (κ1) is 15.5. The van der Waals surface area contributed by atoms with Crippen LogP contribution in [0.1, 0.15) is 46.0 Å². The molecule has 1 aliphatic carbocycles. The summed E-state index contributed by atoms with van der Waals surface area (Å²) in [5.74, 6) is 1.96. The van der Waals surface area contributed by atoms with E-state index < -0.39 is 0 Å². The molecule has 4 N–H and O–H groups in total. The molecule has 0 amide bonds. The highest BCUT2D eigenvalue weighted by atomic mass is 15.3. The molecule has 0 aromatic heterocycles. The molecule has 1 saturated carbocycles. The van der Waals surface area contributed by atoms with Gasteiger partial charge in [0, 0.05) is 13.1 Å². The zero-order valence-electron chi connectivity index (χ0n) is 13.0. The molecule has 4 nitrogen and oxygen atoms in total. The van der Waals surface area contributed by atoms with Crippen molar-refractivity contribution in [1.82, 2.24) is 10.6 Å². The van der Waals surface area contributed by atoms with Crippen LogP contribution in [0.15, 0.2) is 17.1 Å². The van der Waals surface area contributed by atoms with Crippen molar-refractivity contribution in [3.63, 3.8) is 0 Å². The highest BCUT2D eigenvalue weighted by Crippen LogP contribution is 2.33. The minimum absolute atomic E-state index is 0.269. The van der Waals surface area contributed by atoms with Crippen LogP contribution in [0, 0.1) is 11.8 Å². The van der Waals surface area contributed by atoms with Crippen molar-refractivity contribution in [2.75, 3.05) is 19.6 Å². The molecule has 0 aromatic rings. The lowest BCUT2D eigenvalue weighted by Crippen LogP contribution is -2.73. The summed E-state index contributed by atoms with van der Waals surface area (Å²) in [7, 11) is 0. The van der Waals surface area contributed by atoms with Gasteiger partial charge in [-0.3, -0.25) is 15.6 Å². The standard InChI is InChI=1S/C16H30N4/c1-3-4-10-18-15(17)16(14-8-6-5-7-9-14)19-11-13(2)12-20-16/h3-4,13-14,19-20H,5-12H2,1-2H3,(H2,17,18)/b4-3+. The van der Waals surface area contributed by atoms with Crippen LogP contribution in [0.5, 0.6) is 0 Å². The van der Waals surface area contributed by atoms with Crippen LogP contribution >= 0.6 is 0 Å². The number of aliphatic imine (C=N–C) groups is 1. The Morgan fingerprint density at radius 1 is 1.25 bits per heavy atom. The largest absolute Gasteiger partial charge is 0.385 e. The van der Waals surface area contributed by atoms with Gasteiger partial charge in [-0.05, 0) is 31.6 Å². The lowest BCUT2D eigenvalue weighted by atomic mass is 9.77. The molecule has 0 radical (unpaired) electrons. The Morgan fingerprint density at radius 2 is 1.90 bits per heavy atom. The quantitative estimate of drug-likeness (QED) is 0.419. The fraction of sp³-hybridized carbons (Fsp3) is 0.812. The monoisotopic (exact) mass is 278 g/mol. The number of hydrogen-bond donors (Lipinski definition) is 3. The fourth-order valence-electron chi connectivity index (χ4n) is 3.40. The van der Waals surface area contributed by atoms with Gasteiger partial charge in [-0.25, -0.2) is 0 Å². The van der Waals surface area contributed by atoms with Gasteiger partial charge in [-0.15, -0.1) is 0 Å². The first-order valence-corrected chi connectivity index (χ1v) is 8.10. The Bertz CT molecular complexity index is 347. The summed E-state index contributed by atoms with van der Waals surface area (Å²) in [6.07, 6.45) is 10.5. The number of rotatable bonds is 4. The normalized spacial score (nSPS) is 33.7. The van der Waals surface area contributed by atoms with E-state index in [2.05, 4.69) is 22.5 Å². The van der Waals surface area contributed by atoms with Crippen LogP contribution in [0.25, 0.3) is 0 Å². The average Bonchev–Trinajstić information content (AvgIpc) is 2.49. The van der Waals surface area contributed by atoms with E-state index in [4.69, 9.17) is 5.73 Å². The number of hydrogen-bond acceptors (Lipinski definition) is 3. The third kappa shape index (κ3) is 3.41. The van der Waals surface area contributed by atoms with Crippen LogP contribution in [-0.2, 0) is 0 Å². The molecule has 1 heterocycles. The highest BCUT2D eigenvalue weighted by molar-refractivity contribution is 5.90. The summed E-state index contributed by atoms with van der Waals surface area (Å²) in [6, 6.07) is 0. The van der Waals surface area contributed by atoms with Crippen molar-refractivity contribution in [2.24, 2.45) is 22.6 Å². The van der Waals surface area contributed by atoms with Gasteiger partial charge in [-0.1, -0.05) is 38.3 Å². The zero-order valence-corrected chi connectivity index (χ0v) is 13.0. The van der Waals surface area contributed by atoms with Crippen LogP contribution in [-0.4, -0.2) is 31.1 Å². The molecular weight excluding hydrogens is 248 g/mol. The van der Waals surface area contributed by atoms with Gasteiger partial charge >= 0.3 is 0 Å². The van der Waals surface area contributed by atoms with E-state index in [0.717, 1.165) is 18.9 Å². The fourth-order valence-corrected chi connectivity index (χ4v) is 3.40. The second-order valence-corrected chi connectivity index (χ2v) is 6.30. The number of nitrogens with one attached hydrogen (secondary N) is 2. The van der Waals surface area contributed by atoms with Crippen molar-refractivity contribution in [3.05, 3.63) is 12.2 Å². The first-order valence-electron chi connectivity index (χ1n) is 8.10. The van der Waals surface area contributed by atoms with E-state index in [9.17, 15) is 0 Å². The van der Waals surface area contributed by atoms with Gasteiger partial charge in [0.1, 0.15) is 11.5 Å². The van der Waals surface area contributed by atoms with Crippen molar-refractivity contribution < 1.29 is 0 Å². The van der Waals surface area contributed by atoms with Gasteiger partial charge in [0.2, 0.25) is 0 Å². The molecule has 114 valence electrons. The molecule has 2 fully saturated rings. The Kier molecular flexibility index (Phi) is 5.61. The number of nitrogens with two attached hydrogens (primary N) is 1. The molecule has 0 unspecified atom stereocenters. The summed E-state index contributed by atoms with van der Waals surface area (Å²) in [5.41, 5.74) is 6.12. The Morgan fingerprint density at radius 3 is 2.50 bits per heavy atom. The highest BCUT2D eigenvalue weighted by Gasteiger charge is 2.44. The predicted octanol–water partition coefficient (Wildman–Crippen LogP) is 2.03. The van der Waals surface area contributed by atoms with Gasteiger partial charge in [0.15, 0.2) is 0 Å². The van der Waals surface area contributed by atoms with Gasteiger partial charge < -0.3 is 5.73 Å². The van der Waals surface area contributed by atoms with E-state index >= 15 is 0 Å². The lowest BCUT2D eigenvalue weighted by molar-refractivity contribution is 0.144. The molecule has 20 heavy (non-hydrogen) atoms. The zero-order chi connectivity index (χ0) is 14.4. The van der Waals surface area contributed by atoms with E-state index in [0.29, 0.717) is 18.4 Å². The van der Waals surface area contributed by atoms with Crippen molar-refractivity contribution in [1.29, 1.82) is 0 Å².